The first-order valence-corrected chi connectivity index (χ1v) is 7.15. The Bertz CT molecular complexity index is 709. The molecule has 2 aromatic carbocycles. The highest BCUT2D eigenvalue weighted by Crippen LogP contribution is 2.29. The number of allylic oxidation sites excluding steroid dienone is 1. The van der Waals surface area contributed by atoms with Gasteiger partial charge in [0.05, 0.1) is 25.9 Å². The Hall–Kier alpha value is -2.73. The van der Waals surface area contributed by atoms with Crippen molar-refractivity contribution in [1.82, 2.24) is 0 Å². The largest absolute Gasteiger partial charge is 0.497 e. The molecule has 0 saturated carbocycles. The van der Waals surface area contributed by atoms with Crippen LogP contribution in [0.5, 0.6) is 11.5 Å². The van der Waals surface area contributed by atoms with Gasteiger partial charge in [-0.25, -0.2) is 0 Å². The Morgan fingerprint density at radius 3 is 2.36 bits per heavy atom. The smallest absolute Gasteiger partial charge is 0.122 e. The predicted molar refractivity (Wildman–Crippen MR) is 88.9 cm³/mol. The Balaban J connectivity index is 2.47. The Morgan fingerprint density at radius 1 is 1.09 bits per heavy atom. The van der Waals surface area contributed by atoms with Crippen LogP contribution in [0.3, 0.4) is 0 Å². The van der Waals surface area contributed by atoms with E-state index in [0.717, 1.165) is 34.6 Å². The first-order chi connectivity index (χ1) is 10.7. The molecule has 0 N–H and O–H groups in total. The molecule has 0 aliphatic rings. The monoisotopic (exact) mass is 293 g/mol. The number of benzene rings is 2. The summed E-state index contributed by atoms with van der Waals surface area (Å²) < 4.78 is 10.5. The SMILES string of the molecule is CCc1c(OC)cccc1/C(C#N)=C\c1ccc(OC)cc1. The molecule has 2 rings (SSSR count). The van der Waals surface area contributed by atoms with Gasteiger partial charge >= 0.3 is 0 Å². The molecule has 0 bridgehead atoms. The maximum absolute atomic E-state index is 9.54. The van der Waals surface area contributed by atoms with Gasteiger partial charge in [0.1, 0.15) is 11.5 Å². The van der Waals surface area contributed by atoms with E-state index in [1.54, 1.807) is 14.2 Å². The van der Waals surface area contributed by atoms with Crippen molar-refractivity contribution in [3.63, 3.8) is 0 Å². The van der Waals surface area contributed by atoms with Crippen LogP contribution < -0.4 is 9.47 Å². The molecule has 0 aliphatic heterocycles. The summed E-state index contributed by atoms with van der Waals surface area (Å²) >= 11 is 0. The molecule has 0 heterocycles. The van der Waals surface area contributed by atoms with E-state index in [2.05, 4.69) is 13.0 Å². The summed E-state index contributed by atoms with van der Waals surface area (Å²) in [5, 5.41) is 9.54. The maximum atomic E-state index is 9.54. The van der Waals surface area contributed by atoms with Crippen LogP contribution in [-0.2, 0) is 6.42 Å². The fourth-order valence-electron chi connectivity index (χ4n) is 2.41. The zero-order chi connectivity index (χ0) is 15.9. The molecule has 0 radical (unpaired) electrons. The topological polar surface area (TPSA) is 42.2 Å². The van der Waals surface area contributed by atoms with Gasteiger partial charge in [0.15, 0.2) is 0 Å². The van der Waals surface area contributed by atoms with Crippen LogP contribution >= 0.6 is 0 Å². The van der Waals surface area contributed by atoms with E-state index < -0.39 is 0 Å². The minimum atomic E-state index is 0.626. The molecule has 0 amide bonds. The van der Waals surface area contributed by atoms with Crippen LogP contribution in [0, 0.1) is 11.3 Å². The van der Waals surface area contributed by atoms with E-state index in [9.17, 15) is 5.26 Å². The third-order valence-corrected chi connectivity index (χ3v) is 3.54. The van der Waals surface area contributed by atoms with Gasteiger partial charge in [0.25, 0.3) is 0 Å². The first kappa shape index (κ1) is 15.7. The van der Waals surface area contributed by atoms with Crippen LogP contribution in [0.2, 0.25) is 0 Å². The molecule has 3 nitrogen and oxygen atoms in total. The fourth-order valence-corrected chi connectivity index (χ4v) is 2.41. The van der Waals surface area contributed by atoms with Gasteiger partial charge < -0.3 is 9.47 Å². The number of rotatable bonds is 5. The number of nitriles is 1. The predicted octanol–water partition coefficient (Wildman–Crippen LogP) is 4.33. The van der Waals surface area contributed by atoms with E-state index in [-0.39, 0.29) is 0 Å². The molecule has 112 valence electrons. The van der Waals surface area contributed by atoms with Crippen LogP contribution in [0.25, 0.3) is 11.6 Å². The van der Waals surface area contributed by atoms with Crippen molar-refractivity contribution in [1.29, 1.82) is 5.26 Å². The molecule has 0 saturated heterocycles. The highest BCUT2D eigenvalue weighted by atomic mass is 16.5. The molecule has 0 unspecified atom stereocenters. The van der Waals surface area contributed by atoms with Gasteiger partial charge in [-0.05, 0) is 41.8 Å². The second-order valence-electron chi connectivity index (χ2n) is 4.78. The summed E-state index contributed by atoms with van der Waals surface area (Å²) in [6.45, 7) is 2.06. The van der Waals surface area contributed by atoms with E-state index in [1.807, 2.05) is 48.5 Å². The molecule has 0 aliphatic carbocycles. The van der Waals surface area contributed by atoms with E-state index in [1.165, 1.54) is 0 Å². The molecule has 2 aromatic rings. The summed E-state index contributed by atoms with van der Waals surface area (Å²) in [6.07, 6.45) is 2.69. The lowest BCUT2D eigenvalue weighted by molar-refractivity contribution is 0.410. The Labute approximate surface area is 131 Å². The summed E-state index contributed by atoms with van der Waals surface area (Å²) in [7, 11) is 3.28. The zero-order valence-corrected chi connectivity index (χ0v) is 13.1. The lowest BCUT2D eigenvalue weighted by Crippen LogP contribution is -1.96. The van der Waals surface area contributed by atoms with Crippen LogP contribution in [0.4, 0.5) is 0 Å². The van der Waals surface area contributed by atoms with Gasteiger partial charge in [-0.2, -0.15) is 5.26 Å². The third kappa shape index (κ3) is 3.29. The zero-order valence-electron chi connectivity index (χ0n) is 13.1. The summed E-state index contributed by atoms with van der Waals surface area (Å²) in [5.41, 5.74) is 3.55. The third-order valence-electron chi connectivity index (χ3n) is 3.54. The van der Waals surface area contributed by atoms with Gasteiger partial charge in [0.2, 0.25) is 0 Å². The van der Waals surface area contributed by atoms with Crippen LogP contribution in [0.1, 0.15) is 23.6 Å². The molecule has 0 aromatic heterocycles. The molecular formula is C19H19NO2. The van der Waals surface area contributed by atoms with Gasteiger partial charge in [0, 0.05) is 5.56 Å². The molecular weight excluding hydrogens is 274 g/mol. The molecule has 22 heavy (non-hydrogen) atoms. The van der Waals surface area contributed by atoms with Gasteiger partial charge in [-0.15, -0.1) is 0 Å². The van der Waals surface area contributed by atoms with E-state index in [4.69, 9.17) is 9.47 Å². The lowest BCUT2D eigenvalue weighted by Gasteiger charge is -2.12. The average molecular weight is 293 g/mol. The second-order valence-corrected chi connectivity index (χ2v) is 4.78. The molecule has 0 spiro atoms. The maximum Gasteiger partial charge on any atom is 0.122 e. The highest BCUT2D eigenvalue weighted by Gasteiger charge is 2.11. The minimum Gasteiger partial charge on any atom is -0.497 e. The van der Waals surface area contributed by atoms with Crippen LogP contribution in [0.15, 0.2) is 42.5 Å². The number of nitrogens with zero attached hydrogens (tertiary/aromatic N) is 1. The first-order valence-electron chi connectivity index (χ1n) is 7.15. The van der Waals surface area contributed by atoms with Gasteiger partial charge in [-0.3, -0.25) is 0 Å². The Kier molecular flexibility index (Phi) is 5.21. The summed E-state index contributed by atoms with van der Waals surface area (Å²) in [4.78, 5) is 0. The van der Waals surface area contributed by atoms with Crippen molar-refractivity contribution < 1.29 is 9.47 Å². The number of hydrogen-bond donors (Lipinski definition) is 0. The quantitative estimate of drug-likeness (QED) is 0.608. The normalized spacial score (nSPS) is 10.9. The van der Waals surface area contributed by atoms with Crippen molar-refractivity contribution in [2.24, 2.45) is 0 Å². The second kappa shape index (κ2) is 7.33. The minimum absolute atomic E-state index is 0.626. The molecule has 3 heteroatoms. The van der Waals surface area contributed by atoms with E-state index in [0.29, 0.717) is 5.57 Å². The van der Waals surface area contributed by atoms with Crippen molar-refractivity contribution in [3.05, 3.63) is 59.2 Å². The highest BCUT2D eigenvalue weighted by molar-refractivity contribution is 5.91. The van der Waals surface area contributed by atoms with Crippen molar-refractivity contribution in [2.75, 3.05) is 14.2 Å². The summed E-state index contributed by atoms with van der Waals surface area (Å²) in [5.74, 6) is 1.61. The van der Waals surface area contributed by atoms with Crippen molar-refractivity contribution >= 4 is 11.6 Å². The van der Waals surface area contributed by atoms with Gasteiger partial charge in [-0.1, -0.05) is 31.2 Å². The number of ether oxygens (including phenoxy) is 2. The summed E-state index contributed by atoms with van der Waals surface area (Å²) in [6, 6.07) is 15.7. The number of hydrogen-bond acceptors (Lipinski definition) is 3. The van der Waals surface area contributed by atoms with Crippen molar-refractivity contribution in [2.45, 2.75) is 13.3 Å². The van der Waals surface area contributed by atoms with Crippen LogP contribution in [-0.4, -0.2) is 14.2 Å². The van der Waals surface area contributed by atoms with Crippen molar-refractivity contribution in [3.8, 4) is 17.6 Å². The average Bonchev–Trinajstić information content (AvgIpc) is 2.59. The molecule has 0 fully saturated rings. The fraction of sp³-hybridized carbons (Fsp3) is 0.211. The van der Waals surface area contributed by atoms with E-state index >= 15 is 0 Å². The standard InChI is InChI=1S/C19H19NO2/c1-4-17-18(6-5-7-19(17)22-3)15(13-20)12-14-8-10-16(21-2)11-9-14/h5-12H,4H2,1-3H3/b15-12-. The Morgan fingerprint density at radius 2 is 1.82 bits per heavy atom. The molecule has 0 atom stereocenters. The lowest BCUT2D eigenvalue weighted by atomic mass is 9.96. The number of methoxy groups -OCH3 is 2.